The van der Waals surface area contributed by atoms with Crippen LogP contribution < -0.4 is 16.6 Å². The van der Waals surface area contributed by atoms with Gasteiger partial charge in [0.15, 0.2) is 0 Å². The number of amides is 1. The highest BCUT2D eigenvalue weighted by molar-refractivity contribution is 9.10. The van der Waals surface area contributed by atoms with Crippen molar-refractivity contribution < 1.29 is 4.79 Å². The number of rotatable bonds is 4. The summed E-state index contributed by atoms with van der Waals surface area (Å²) in [6.45, 7) is -0.370. The number of nitrogens with zero attached hydrogens (tertiary/aromatic N) is 1. The Morgan fingerprint density at radius 1 is 1.04 bits per heavy atom. The highest BCUT2D eigenvalue weighted by Crippen LogP contribution is 2.14. The van der Waals surface area contributed by atoms with Gasteiger partial charge in [-0.1, -0.05) is 46.3 Å². The van der Waals surface area contributed by atoms with Gasteiger partial charge in [-0.3, -0.25) is 14.2 Å². The van der Waals surface area contributed by atoms with Gasteiger partial charge in [-0.2, -0.15) is 0 Å². The molecule has 126 valence electrons. The number of halogens is 1. The van der Waals surface area contributed by atoms with Gasteiger partial charge < -0.3 is 10.3 Å². The summed E-state index contributed by atoms with van der Waals surface area (Å²) >= 11 is 3.31. The number of hydrogen-bond donors (Lipinski definition) is 2. The fraction of sp³-hybridized carbons (Fsp3) is 0.0556. The van der Waals surface area contributed by atoms with Gasteiger partial charge in [0.25, 0.3) is 5.56 Å². The predicted octanol–water partition coefficient (Wildman–Crippen LogP) is 2.60. The molecule has 0 atom stereocenters. The van der Waals surface area contributed by atoms with Crippen LogP contribution in [0.5, 0.6) is 0 Å². The number of anilines is 1. The van der Waals surface area contributed by atoms with Crippen molar-refractivity contribution in [3.05, 3.63) is 86.1 Å². The molecule has 1 heterocycles. The Hall–Kier alpha value is -2.93. The molecule has 0 aliphatic heterocycles. The maximum absolute atomic E-state index is 12.6. The van der Waals surface area contributed by atoms with E-state index in [2.05, 4.69) is 26.2 Å². The molecule has 7 heteroatoms. The van der Waals surface area contributed by atoms with Crippen LogP contribution in [0.1, 0.15) is 0 Å². The molecular weight excluding hydrogens is 386 g/mol. The second kappa shape index (κ2) is 7.31. The number of carbonyl (C=O) groups excluding carboxylic acids is 1. The summed E-state index contributed by atoms with van der Waals surface area (Å²) in [6.07, 6.45) is 1.36. The molecule has 0 fully saturated rings. The maximum Gasteiger partial charge on any atom is 0.328 e. The van der Waals surface area contributed by atoms with Crippen LogP contribution in [0.25, 0.3) is 11.1 Å². The third kappa shape index (κ3) is 3.95. The van der Waals surface area contributed by atoms with Crippen LogP contribution in [0.15, 0.2) is 74.9 Å². The van der Waals surface area contributed by atoms with Crippen molar-refractivity contribution in [2.75, 3.05) is 5.32 Å². The van der Waals surface area contributed by atoms with Crippen molar-refractivity contribution >= 4 is 27.5 Å². The van der Waals surface area contributed by atoms with Gasteiger partial charge in [-0.05, 0) is 29.8 Å². The summed E-state index contributed by atoms with van der Waals surface area (Å²) in [4.78, 5) is 39.2. The molecule has 0 aliphatic carbocycles. The first-order valence-corrected chi connectivity index (χ1v) is 8.27. The van der Waals surface area contributed by atoms with Crippen LogP contribution in [0, 0.1) is 0 Å². The fourth-order valence-electron chi connectivity index (χ4n) is 2.36. The Labute approximate surface area is 151 Å². The quantitative estimate of drug-likeness (QED) is 0.706. The Morgan fingerprint density at radius 3 is 2.40 bits per heavy atom. The second-order valence-electron chi connectivity index (χ2n) is 5.32. The number of H-pyrrole nitrogens is 1. The van der Waals surface area contributed by atoms with Gasteiger partial charge in [-0.25, -0.2) is 4.79 Å². The summed E-state index contributed by atoms with van der Waals surface area (Å²) in [7, 11) is 0. The molecule has 1 aromatic heterocycles. The Balaban J connectivity index is 1.87. The molecule has 2 aromatic carbocycles. The lowest BCUT2D eigenvalue weighted by Crippen LogP contribution is -2.39. The van der Waals surface area contributed by atoms with Crippen molar-refractivity contribution in [1.82, 2.24) is 9.55 Å². The largest absolute Gasteiger partial charge is 0.328 e. The molecule has 0 radical (unpaired) electrons. The summed E-state index contributed by atoms with van der Waals surface area (Å²) in [5.41, 5.74) is 0.441. The molecule has 2 N–H and O–H groups in total. The molecule has 6 nitrogen and oxygen atoms in total. The molecule has 0 spiro atoms. The maximum atomic E-state index is 12.6. The lowest BCUT2D eigenvalue weighted by molar-refractivity contribution is -0.116. The normalized spacial score (nSPS) is 10.4. The van der Waals surface area contributed by atoms with Gasteiger partial charge in [0, 0.05) is 16.4 Å². The van der Waals surface area contributed by atoms with Crippen molar-refractivity contribution in [1.29, 1.82) is 0 Å². The number of hydrogen-bond acceptors (Lipinski definition) is 3. The zero-order valence-electron chi connectivity index (χ0n) is 13.0. The minimum Gasteiger partial charge on any atom is -0.325 e. The van der Waals surface area contributed by atoms with Crippen LogP contribution >= 0.6 is 15.9 Å². The van der Waals surface area contributed by atoms with Crippen LogP contribution in [-0.2, 0) is 11.3 Å². The molecule has 0 unspecified atom stereocenters. The zero-order valence-corrected chi connectivity index (χ0v) is 14.6. The highest BCUT2D eigenvalue weighted by Gasteiger charge is 2.12. The van der Waals surface area contributed by atoms with E-state index in [-0.39, 0.29) is 6.54 Å². The molecule has 1 amide bonds. The Morgan fingerprint density at radius 2 is 1.72 bits per heavy atom. The van der Waals surface area contributed by atoms with Crippen molar-refractivity contribution in [2.45, 2.75) is 6.54 Å². The van der Waals surface area contributed by atoms with Gasteiger partial charge in [0.2, 0.25) is 5.91 Å². The van der Waals surface area contributed by atoms with Crippen molar-refractivity contribution in [2.24, 2.45) is 0 Å². The molecule has 0 aliphatic rings. The number of carbonyl (C=O) groups is 1. The van der Waals surface area contributed by atoms with E-state index in [1.54, 1.807) is 48.5 Å². The zero-order chi connectivity index (χ0) is 17.8. The lowest BCUT2D eigenvalue weighted by atomic mass is 10.1. The van der Waals surface area contributed by atoms with Gasteiger partial charge in [-0.15, -0.1) is 0 Å². The number of benzene rings is 2. The van der Waals surface area contributed by atoms with Crippen molar-refractivity contribution in [3.63, 3.8) is 0 Å². The first-order chi connectivity index (χ1) is 12.0. The fourth-order valence-corrected chi connectivity index (χ4v) is 2.62. The van der Waals surface area contributed by atoms with Crippen LogP contribution in [0.3, 0.4) is 0 Å². The Bertz CT molecular complexity index is 1010. The average Bonchev–Trinajstić information content (AvgIpc) is 2.61. The van der Waals surface area contributed by atoms with Crippen LogP contribution in [-0.4, -0.2) is 15.5 Å². The predicted molar refractivity (Wildman–Crippen MR) is 99.5 cm³/mol. The van der Waals surface area contributed by atoms with E-state index in [0.717, 1.165) is 9.04 Å². The molecule has 25 heavy (non-hydrogen) atoms. The summed E-state index contributed by atoms with van der Waals surface area (Å²) in [5, 5.41) is 2.66. The molecule has 0 bridgehead atoms. The standard InChI is InChI=1S/C18H14BrN3O3/c19-13-6-8-14(9-7-13)21-16(23)11-22-17(24)15(10-20-18(22)25)12-4-2-1-3-5-12/h1-10H,11H2,(H,20,25)(H,21,23). The Kier molecular flexibility index (Phi) is 4.95. The minimum atomic E-state index is -0.629. The number of nitrogens with one attached hydrogen (secondary N) is 2. The van der Waals surface area contributed by atoms with E-state index < -0.39 is 17.2 Å². The monoisotopic (exact) mass is 399 g/mol. The van der Waals surface area contributed by atoms with Gasteiger partial charge in [0.1, 0.15) is 6.54 Å². The smallest absolute Gasteiger partial charge is 0.325 e. The van der Waals surface area contributed by atoms with Gasteiger partial charge in [0.05, 0.1) is 5.56 Å². The van der Waals surface area contributed by atoms with E-state index in [4.69, 9.17) is 0 Å². The molecule has 0 saturated carbocycles. The van der Waals surface area contributed by atoms with E-state index in [9.17, 15) is 14.4 Å². The number of aromatic nitrogens is 2. The second-order valence-corrected chi connectivity index (χ2v) is 6.24. The first-order valence-electron chi connectivity index (χ1n) is 7.48. The van der Waals surface area contributed by atoms with E-state index in [1.165, 1.54) is 6.20 Å². The topological polar surface area (TPSA) is 84.0 Å². The molecule has 3 rings (SSSR count). The van der Waals surface area contributed by atoms with Crippen molar-refractivity contribution in [3.8, 4) is 11.1 Å². The van der Waals surface area contributed by atoms with Crippen LogP contribution in [0.4, 0.5) is 5.69 Å². The first kappa shape index (κ1) is 16.9. The van der Waals surface area contributed by atoms with Gasteiger partial charge >= 0.3 is 5.69 Å². The number of aromatic amines is 1. The van der Waals surface area contributed by atoms with E-state index in [0.29, 0.717) is 16.8 Å². The highest BCUT2D eigenvalue weighted by atomic mass is 79.9. The van der Waals surface area contributed by atoms with E-state index >= 15 is 0 Å². The SMILES string of the molecule is O=C(Cn1c(=O)[nH]cc(-c2ccccc2)c1=O)Nc1ccc(Br)cc1. The third-order valence-corrected chi connectivity index (χ3v) is 4.10. The summed E-state index contributed by atoms with van der Waals surface area (Å²) in [6, 6.07) is 16.0. The molecular formula is C18H14BrN3O3. The average molecular weight is 400 g/mol. The summed E-state index contributed by atoms with van der Waals surface area (Å²) < 4.78 is 1.77. The molecule has 3 aromatic rings. The minimum absolute atomic E-state index is 0.330. The lowest BCUT2D eigenvalue weighted by Gasteiger charge is -2.08. The third-order valence-electron chi connectivity index (χ3n) is 3.58. The van der Waals surface area contributed by atoms with E-state index in [1.807, 2.05) is 6.07 Å². The van der Waals surface area contributed by atoms with Crippen LogP contribution in [0.2, 0.25) is 0 Å². The summed E-state index contributed by atoms with van der Waals surface area (Å²) in [5.74, 6) is -0.458. The molecule has 0 saturated heterocycles.